The molecule has 0 atom stereocenters. The minimum absolute atomic E-state index is 0.0514. The van der Waals surface area contributed by atoms with E-state index in [2.05, 4.69) is 93.6 Å². The van der Waals surface area contributed by atoms with Gasteiger partial charge in [0.25, 0.3) is 0 Å². The first-order valence-corrected chi connectivity index (χ1v) is 9.49. The first kappa shape index (κ1) is 16.1. The maximum atomic E-state index is 2.36. The first-order valence-electron chi connectivity index (χ1n) is 9.49. The van der Waals surface area contributed by atoms with Crippen molar-refractivity contribution in [1.82, 2.24) is 0 Å². The first-order chi connectivity index (χ1) is 12.2. The molecule has 0 nitrogen and oxygen atoms in total. The van der Waals surface area contributed by atoms with Crippen molar-refractivity contribution in [1.29, 1.82) is 0 Å². The lowest BCUT2D eigenvalue weighted by Gasteiger charge is -2.44. The summed E-state index contributed by atoms with van der Waals surface area (Å²) in [5.74, 6) is 0.496. The topological polar surface area (TPSA) is 0 Å². The van der Waals surface area contributed by atoms with Gasteiger partial charge in [-0.2, -0.15) is 0 Å². The fourth-order valence-electron chi connectivity index (χ4n) is 5.04. The van der Waals surface area contributed by atoms with E-state index >= 15 is 0 Å². The number of hydrogen-bond donors (Lipinski definition) is 0. The van der Waals surface area contributed by atoms with Crippen LogP contribution < -0.4 is 0 Å². The van der Waals surface area contributed by atoms with Crippen LogP contribution in [-0.4, -0.2) is 0 Å². The van der Waals surface area contributed by atoms with Gasteiger partial charge >= 0.3 is 0 Å². The minimum atomic E-state index is -0.0514. The lowest BCUT2D eigenvalue weighted by atomic mass is 9.58. The Morgan fingerprint density at radius 2 is 1.16 bits per heavy atom. The molecule has 0 heteroatoms. The molecule has 0 aliphatic heterocycles. The zero-order valence-electron chi connectivity index (χ0n) is 15.4. The summed E-state index contributed by atoms with van der Waals surface area (Å²) in [6.07, 6.45) is 2.21. The van der Waals surface area contributed by atoms with Crippen LogP contribution in [-0.2, 0) is 5.41 Å². The van der Waals surface area contributed by atoms with Gasteiger partial charge in [-0.25, -0.2) is 0 Å². The summed E-state index contributed by atoms with van der Waals surface area (Å²) >= 11 is 0. The van der Waals surface area contributed by atoms with E-state index < -0.39 is 0 Å². The molecule has 3 aromatic carbocycles. The van der Waals surface area contributed by atoms with Crippen molar-refractivity contribution in [3.8, 4) is 0 Å². The van der Waals surface area contributed by atoms with Gasteiger partial charge in [-0.1, -0.05) is 86.6 Å². The van der Waals surface area contributed by atoms with Crippen molar-refractivity contribution < 1.29 is 0 Å². The third kappa shape index (κ3) is 2.20. The summed E-state index contributed by atoms with van der Waals surface area (Å²) in [5, 5.41) is 0. The smallest absolute Gasteiger partial charge is 0.0457 e. The Morgan fingerprint density at radius 3 is 1.64 bits per heavy atom. The minimum Gasteiger partial charge on any atom is -0.0645 e. The van der Waals surface area contributed by atoms with E-state index in [0.717, 1.165) is 12.8 Å². The van der Waals surface area contributed by atoms with Gasteiger partial charge in [-0.3, -0.25) is 0 Å². The molecule has 0 fully saturated rings. The van der Waals surface area contributed by atoms with Crippen LogP contribution in [0.15, 0.2) is 72.8 Å². The van der Waals surface area contributed by atoms with Gasteiger partial charge in [0.2, 0.25) is 0 Å². The summed E-state index contributed by atoms with van der Waals surface area (Å²) in [4.78, 5) is 0. The number of benzene rings is 3. The maximum absolute atomic E-state index is 2.36. The zero-order valence-corrected chi connectivity index (χ0v) is 15.4. The van der Waals surface area contributed by atoms with Gasteiger partial charge in [0.1, 0.15) is 0 Å². The molecule has 0 bridgehead atoms. The second-order valence-corrected chi connectivity index (χ2v) is 7.21. The molecule has 0 amide bonds. The van der Waals surface area contributed by atoms with Crippen LogP contribution in [0.1, 0.15) is 66.0 Å². The fraction of sp³-hybridized carbons (Fsp3) is 0.280. The highest BCUT2D eigenvalue weighted by Crippen LogP contribution is 2.53. The number of rotatable bonds is 3. The normalized spacial score (nSPS) is 21.5. The Hall–Kier alpha value is -2.34. The highest BCUT2D eigenvalue weighted by molar-refractivity contribution is 5.63. The van der Waals surface area contributed by atoms with Gasteiger partial charge in [-0.15, -0.1) is 0 Å². The van der Waals surface area contributed by atoms with Gasteiger partial charge in [-0.05, 0) is 53.1 Å². The van der Waals surface area contributed by atoms with E-state index in [1.807, 2.05) is 0 Å². The largest absolute Gasteiger partial charge is 0.0645 e. The van der Waals surface area contributed by atoms with Gasteiger partial charge in [0.05, 0.1) is 0 Å². The molecule has 1 aliphatic rings. The van der Waals surface area contributed by atoms with Crippen LogP contribution >= 0.6 is 0 Å². The molecule has 4 rings (SSSR count). The third-order valence-corrected chi connectivity index (χ3v) is 6.14. The highest BCUT2D eigenvalue weighted by atomic mass is 14.5. The molecule has 3 aromatic rings. The molecule has 1 aliphatic carbocycles. The Bertz CT molecular complexity index is 856. The second-order valence-electron chi connectivity index (χ2n) is 7.21. The van der Waals surface area contributed by atoms with Crippen molar-refractivity contribution in [2.45, 2.75) is 44.9 Å². The molecule has 0 saturated carbocycles. The quantitative estimate of drug-likeness (QED) is 0.509. The zero-order chi connectivity index (χ0) is 17.4. The van der Waals surface area contributed by atoms with Crippen molar-refractivity contribution in [3.05, 3.63) is 106 Å². The lowest BCUT2D eigenvalue weighted by Crippen LogP contribution is -2.36. The maximum Gasteiger partial charge on any atom is 0.0457 e. The van der Waals surface area contributed by atoms with E-state index in [-0.39, 0.29) is 5.41 Å². The van der Waals surface area contributed by atoms with Crippen LogP contribution in [0.2, 0.25) is 0 Å². The molecule has 25 heavy (non-hydrogen) atoms. The van der Waals surface area contributed by atoms with Crippen molar-refractivity contribution in [2.75, 3.05) is 0 Å². The molecule has 0 N–H and O–H groups in total. The standard InChI is InChI=1S/C25H26/c1-4-19-20-13-7-10-16-23(20)25(5-2,22-15-9-6-12-18(22)3)24-17-11-8-14-21(19)24/h6-17,19H,4-5H2,1-3H3. The Morgan fingerprint density at radius 1 is 0.680 bits per heavy atom. The van der Waals surface area contributed by atoms with Crippen molar-refractivity contribution in [2.24, 2.45) is 0 Å². The molecule has 126 valence electrons. The van der Waals surface area contributed by atoms with Crippen molar-refractivity contribution in [3.63, 3.8) is 0 Å². The van der Waals surface area contributed by atoms with E-state index in [1.54, 1.807) is 0 Å². The molecule has 0 unspecified atom stereocenters. The summed E-state index contributed by atoms with van der Waals surface area (Å²) < 4.78 is 0. The summed E-state index contributed by atoms with van der Waals surface area (Å²) in [6.45, 7) is 6.90. The average Bonchev–Trinajstić information content (AvgIpc) is 2.67. The lowest BCUT2D eigenvalue weighted by molar-refractivity contribution is 0.542. The number of fused-ring (bicyclic) bond motifs is 2. The van der Waals surface area contributed by atoms with E-state index in [4.69, 9.17) is 0 Å². The molecule has 0 saturated heterocycles. The van der Waals surface area contributed by atoms with Gasteiger partial charge in [0.15, 0.2) is 0 Å². The molecular weight excluding hydrogens is 300 g/mol. The summed E-state index contributed by atoms with van der Waals surface area (Å²) in [6, 6.07) is 27.2. The van der Waals surface area contributed by atoms with Crippen LogP contribution in [0.3, 0.4) is 0 Å². The van der Waals surface area contributed by atoms with E-state index in [1.165, 1.54) is 33.4 Å². The van der Waals surface area contributed by atoms with E-state index in [0.29, 0.717) is 5.92 Å². The van der Waals surface area contributed by atoms with Gasteiger partial charge in [0, 0.05) is 11.3 Å². The SMILES string of the molecule is CCC1c2ccccc2C(CC)(c2ccccc2C)c2ccccc21. The highest BCUT2D eigenvalue weighted by Gasteiger charge is 2.43. The summed E-state index contributed by atoms with van der Waals surface area (Å²) in [5.41, 5.74) is 8.79. The number of hydrogen-bond acceptors (Lipinski definition) is 0. The second kappa shape index (κ2) is 6.19. The molecule has 0 spiro atoms. The Kier molecular flexibility index (Phi) is 4.00. The molecule has 0 aromatic heterocycles. The average molecular weight is 326 g/mol. The predicted octanol–water partition coefficient (Wildman–Crippen LogP) is 6.59. The fourth-order valence-corrected chi connectivity index (χ4v) is 5.04. The van der Waals surface area contributed by atoms with Gasteiger partial charge < -0.3 is 0 Å². The van der Waals surface area contributed by atoms with Crippen LogP contribution in [0.4, 0.5) is 0 Å². The van der Waals surface area contributed by atoms with Crippen LogP contribution in [0.5, 0.6) is 0 Å². The monoisotopic (exact) mass is 326 g/mol. The molecule has 0 heterocycles. The van der Waals surface area contributed by atoms with Crippen LogP contribution in [0.25, 0.3) is 0 Å². The molecular formula is C25H26. The summed E-state index contributed by atoms with van der Waals surface area (Å²) in [7, 11) is 0. The Balaban J connectivity index is 2.14. The third-order valence-electron chi connectivity index (χ3n) is 6.14. The Labute approximate surface area is 151 Å². The van der Waals surface area contributed by atoms with E-state index in [9.17, 15) is 0 Å². The molecule has 0 radical (unpaired) electrons. The van der Waals surface area contributed by atoms with Crippen LogP contribution in [0, 0.1) is 6.92 Å². The predicted molar refractivity (Wildman–Crippen MR) is 106 cm³/mol. The van der Waals surface area contributed by atoms with Crippen molar-refractivity contribution >= 4 is 0 Å². The number of aryl methyl sites for hydroxylation is 1.